The van der Waals surface area contributed by atoms with E-state index in [-0.39, 0.29) is 18.0 Å². The minimum Gasteiger partial charge on any atom is -0.454 e. The number of amides is 1. The zero-order valence-corrected chi connectivity index (χ0v) is 18.3. The highest BCUT2D eigenvalue weighted by Crippen LogP contribution is 2.37. The summed E-state index contributed by atoms with van der Waals surface area (Å²) in [5.41, 5.74) is 2.11. The lowest BCUT2D eigenvalue weighted by molar-refractivity contribution is -0.120. The van der Waals surface area contributed by atoms with Gasteiger partial charge in [-0.2, -0.15) is 0 Å². The van der Waals surface area contributed by atoms with E-state index in [1.807, 2.05) is 43.3 Å². The summed E-state index contributed by atoms with van der Waals surface area (Å²) in [5, 5.41) is 4.49. The average molecular weight is 450 g/mol. The Morgan fingerprint density at radius 3 is 2.84 bits per heavy atom. The number of ether oxygens (including phenoxy) is 2. The highest BCUT2D eigenvalue weighted by atomic mass is 32.2. The second-order valence-electron chi connectivity index (χ2n) is 7.04. The van der Waals surface area contributed by atoms with Gasteiger partial charge in [0.1, 0.15) is 16.2 Å². The van der Waals surface area contributed by atoms with E-state index in [1.165, 1.54) is 11.8 Å². The molecule has 3 heterocycles. The van der Waals surface area contributed by atoms with Crippen molar-refractivity contribution in [3.8, 4) is 21.9 Å². The number of thiophene rings is 1. The lowest BCUT2D eigenvalue weighted by atomic mass is 10.2. The fourth-order valence-corrected chi connectivity index (χ4v) is 5.26. The number of nitrogens with zero attached hydrogens (tertiary/aromatic N) is 2. The van der Waals surface area contributed by atoms with E-state index in [9.17, 15) is 4.79 Å². The van der Waals surface area contributed by atoms with Crippen LogP contribution in [0.3, 0.4) is 0 Å². The zero-order valence-electron chi connectivity index (χ0n) is 16.7. The fourth-order valence-electron chi connectivity index (χ4n) is 3.28. The van der Waals surface area contributed by atoms with Gasteiger partial charge in [-0.05, 0) is 36.2 Å². The first-order valence-corrected chi connectivity index (χ1v) is 11.5. The predicted octanol–water partition coefficient (Wildman–Crippen LogP) is 4.88. The van der Waals surface area contributed by atoms with Gasteiger partial charge in [0.15, 0.2) is 11.5 Å². The highest BCUT2D eigenvalue weighted by molar-refractivity contribution is 8.00. The third-order valence-electron chi connectivity index (χ3n) is 4.91. The fraction of sp³-hybridized carbons (Fsp3) is 0.174. The van der Waals surface area contributed by atoms with E-state index in [1.54, 1.807) is 17.7 Å². The third-order valence-corrected chi connectivity index (χ3v) is 7.12. The first-order valence-electron chi connectivity index (χ1n) is 9.80. The van der Waals surface area contributed by atoms with E-state index in [0.717, 1.165) is 37.0 Å². The van der Waals surface area contributed by atoms with Crippen molar-refractivity contribution in [2.75, 3.05) is 6.79 Å². The van der Waals surface area contributed by atoms with Crippen LogP contribution in [-0.4, -0.2) is 27.9 Å². The van der Waals surface area contributed by atoms with Gasteiger partial charge in [0.25, 0.3) is 0 Å². The number of carbonyl (C=O) groups excluding carboxylic acids is 1. The summed E-state index contributed by atoms with van der Waals surface area (Å²) in [4.78, 5) is 23.6. The second kappa shape index (κ2) is 8.56. The van der Waals surface area contributed by atoms with Crippen molar-refractivity contribution in [2.45, 2.75) is 23.7 Å². The van der Waals surface area contributed by atoms with E-state index < -0.39 is 0 Å². The molecule has 8 heteroatoms. The van der Waals surface area contributed by atoms with Crippen LogP contribution in [0.25, 0.3) is 20.7 Å². The lowest BCUT2D eigenvalue weighted by Crippen LogP contribution is -2.30. The van der Waals surface area contributed by atoms with Crippen LogP contribution in [0.15, 0.2) is 66.0 Å². The second-order valence-corrected chi connectivity index (χ2v) is 9.40. The number of nitrogens with one attached hydrogen (secondary N) is 1. The van der Waals surface area contributed by atoms with Crippen molar-refractivity contribution in [1.29, 1.82) is 0 Å². The van der Waals surface area contributed by atoms with Gasteiger partial charge >= 0.3 is 0 Å². The standard InChI is InChI=1S/C23H19N3O3S2/c1-14(21(27)24-11-15-7-8-18-19(9-15)29-13-28-18)30-22-17-10-20(16-5-3-2-4-6-16)31-23(17)26-12-25-22/h2-10,12,14H,11,13H2,1H3,(H,24,27)/t14-/m1/s1. The molecule has 4 aromatic rings. The number of hydrogen-bond donors (Lipinski definition) is 1. The first kappa shape index (κ1) is 19.8. The summed E-state index contributed by atoms with van der Waals surface area (Å²) in [6, 6.07) is 18.0. The molecule has 1 aliphatic rings. The quantitative estimate of drug-likeness (QED) is 0.334. The third kappa shape index (κ3) is 4.22. The van der Waals surface area contributed by atoms with Gasteiger partial charge in [-0.25, -0.2) is 9.97 Å². The highest BCUT2D eigenvalue weighted by Gasteiger charge is 2.19. The molecule has 31 heavy (non-hydrogen) atoms. The molecule has 0 saturated carbocycles. The molecule has 1 aliphatic heterocycles. The van der Waals surface area contributed by atoms with Crippen molar-refractivity contribution in [3.05, 3.63) is 66.5 Å². The molecule has 0 unspecified atom stereocenters. The van der Waals surface area contributed by atoms with Gasteiger partial charge in [0.2, 0.25) is 12.7 Å². The molecular weight excluding hydrogens is 430 g/mol. The summed E-state index contributed by atoms with van der Waals surface area (Å²) in [6.45, 7) is 2.55. The molecule has 1 amide bonds. The molecule has 0 bridgehead atoms. The summed E-state index contributed by atoms with van der Waals surface area (Å²) in [5.74, 6) is 1.40. The van der Waals surface area contributed by atoms with Crippen molar-refractivity contribution in [1.82, 2.24) is 15.3 Å². The molecule has 5 rings (SSSR count). The van der Waals surface area contributed by atoms with Crippen LogP contribution in [0.4, 0.5) is 0 Å². The van der Waals surface area contributed by atoms with Crippen LogP contribution in [0.1, 0.15) is 12.5 Å². The van der Waals surface area contributed by atoms with E-state index in [4.69, 9.17) is 9.47 Å². The molecule has 2 aromatic carbocycles. The van der Waals surface area contributed by atoms with E-state index >= 15 is 0 Å². The maximum absolute atomic E-state index is 12.7. The van der Waals surface area contributed by atoms with Crippen LogP contribution in [0.5, 0.6) is 11.5 Å². The molecular formula is C23H19N3O3S2. The number of thioether (sulfide) groups is 1. The Hall–Kier alpha value is -3.10. The number of benzene rings is 2. The number of rotatable bonds is 6. The molecule has 2 aromatic heterocycles. The Morgan fingerprint density at radius 2 is 1.97 bits per heavy atom. The Balaban J connectivity index is 1.27. The van der Waals surface area contributed by atoms with Gasteiger partial charge in [-0.3, -0.25) is 4.79 Å². The predicted molar refractivity (Wildman–Crippen MR) is 123 cm³/mol. The van der Waals surface area contributed by atoms with Crippen LogP contribution < -0.4 is 14.8 Å². The smallest absolute Gasteiger partial charge is 0.233 e. The van der Waals surface area contributed by atoms with Crippen LogP contribution >= 0.6 is 23.1 Å². The van der Waals surface area contributed by atoms with Gasteiger partial charge < -0.3 is 14.8 Å². The molecule has 0 saturated heterocycles. The molecule has 6 nitrogen and oxygen atoms in total. The normalized spacial score (nSPS) is 13.3. The number of carbonyl (C=O) groups is 1. The Labute approximate surface area is 187 Å². The van der Waals surface area contributed by atoms with Gasteiger partial charge in [-0.15, -0.1) is 11.3 Å². The Bertz CT molecular complexity index is 1240. The number of hydrogen-bond acceptors (Lipinski definition) is 7. The summed E-state index contributed by atoms with van der Waals surface area (Å²) >= 11 is 3.07. The summed E-state index contributed by atoms with van der Waals surface area (Å²) < 4.78 is 10.7. The summed E-state index contributed by atoms with van der Waals surface area (Å²) in [6.07, 6.45) is 1.56. The SMILES string of the molecule is C[C@@H](Sc1ncnc2sc(-c3ccccc3)cc12)C(=O)NCc1ccc2c(c1)OCO2. The molecule has 0 spiro atoms. The van der Waals surface area contributed by atoms with Gasteiger partial charge in [0, 0.05) is 16.8 Å². The van der Waals surface area contributed by atoms with Crippen LogP contribution in [-0.2, 0) is 11.3 Å². The lowest BCUT2D eigenvalue weighted by Gasteiger charge is -2.12. The minimum absolute atomic E-state index is 0.0482. The first-order chi connectivity index (χ1) is 15.2. The van der Waals surface area contributed by atoms with Crippen molar-refractivity contribution in [3.63, 3.8) is 0 Å². The largest absolute Gasteiger partial charge is 0.454 e. The molecule has 1 N–H and O–H groups in total. The Morgan fingerprint density at radius 1 is 1.13 bits per heavy atom. The van der Waals surface area contributed by atoms with E-state index in [0.29, 0.717) is 12.3 Å². The van der Waals surface area contributed by atoms with Gasteiger partial charge in [-0.1, -0.05) is 48.2 Å². The topological polar surface area (TPSA) is 73.3 Å². The number of fused-ring (bicyclic) bond motifs is 2. The average Bonchev–Trinajstić information content (AvgIpc) is 3.45. The monoisotopic (exact) mass is 449 g/mol. The summed E-state index contributed by atoms with van der Waals surface area (Å²) in [7, 11) is 0. The van der Waals surface area contributed by atoms with Gasteiger partial charge in [0.05, 0.1) is 5.25 Å². The zero-order chi connectivity index (χ0) is 21.2. The molecule has 0 aliphatic carbocycles. The van der Waals surface area contributed by atoms with Crippen molar-refractivity contribution in [2.24, 2.45) is 0 Å². The molecule has 156 valence electrons. The maximum atomic E-state index is 12.7. The van der Waals surface area contributed by atoms with Crippen LogP contribution in [0, 0.1) is 0 Å². The Kier molecular flexibility index (Phi) is 5.48. The molecule has 0 radical (unpaired) electrons. The maximum Gasteiger partial charge on any atom is 0.233 e. The molecule has 1 atom stereocenters. The van der Waals surface area contributed by atoms with Crippen molar-refractivity contribution >= 4 is 39.2 Å². The van der Waals surface area contributed by atoms with Crippen LogP contribution in [0.2, 0.25) is 0 Å². The molecule has 0 fully saturated rings. The number of aromatic nitrogens is 2. The minimum atomic E-state index is -0.299. The van der Waals surface area contributed by atoms with E-state index in [2.05, 4.69) is 33.5 Å². The van der Waals surface area contributed by atoms with Crippen molar-refractivity contribution < 1.29 is 14.3 Å².